The summed E-state index contributed by atoms with van der Waals surface area (Å²) in [7, 11) is 0. The molecular weight excluding hydrogens is 176 g/mol. The number of carbonyl (C=O) groups is 1. The second-order valence-corrected chi connectivity index (χ2v) is 3.49. The number of rotatable bonds is 4. The molecule has 1 aliphatic rings. The third-order valence-corrected chi connectivity index (χ3v) is 2.25. The molecule has 0 aliphatic heterocycles. The molecule has 0 radical (unpaired) electrons. The topological polar surface area (TPSA) is 55.1 Å². The number of unbranched alkanes of at least 4 members (excludes halogenated alkanes) is 1. The Balaban J connectivity index is 2.17. The molecule has 2 atom stereocenters. The van der Waals surface area contributed by atoms with Gasteiger partial charge in [-0.05, 0) is 12.8 Å². The third kappa shape index (κ3) is 3.23. The first kappa shape index (κ1) is 10.8. The molecule has 0 bridgehead atoms. The highest BCUT2D eigenvalue weighted by Crippen LogP contribution is 2.15. The summed E-state index contributed by atoms with van der Waals surface area (Å²) in [6, 6.07) is 0.0384. The van der Waals surface area contributed by atoms with Gasteiger partial charge in [-0.2, -0.15) is 0 Å². The Hall–Kier alpha value is -1.27. The average molecular weight is 192 g/mol. The maximum atomic E-state index is 11.5. The Morgan fingerprint density at radius 3 is 3.00 bits per heavy atom. The van der Waals surface area contributed by atoms with E-state index in [0.717, 1.165) is 12.8 Å². The highest BCUT2D eigenvalue weighted by molar-refractivity contribution is 5.81. The highest BCUT2D eigenvalue weighted by atomic mass is 16.1. The van der Waals surface area contributed by atoms with Crippen LogP contribution in [0.5, 0.6) is 0 Å². The van der Waals surface area contributed by atoms with Gasteiger partial charge in [-0.15, -0.1) is 12.3 Å². The highest BCUT2D eigenvalue weighted by Gasteiger charge is 2.21. The van der Waals surface area contributed by atoms with E-state index in [1.807, 2.05) is 12.2 Å². The second-order valence-electron chi connectivity index (χ2n) is 3.49. The van der Waals surface area contributed by atoms with Gasteiger partial charge in [0.2, 0.25) is 5.91 Å². The average Bonchev–Trinajstić information content (AvgIpc) is 2.59. The minimum absolute atomic E-state index is 0.0384. The minimum atomic E-state index is -0.0455. The SMILES string of the molecule is C#CCCCNC(=O)C1C=CC(N)C1. The zero-order chi connectivity index (χ0) is 10.4. The fourth-order valence-corrected chi connectivity index (χ4v) is 1.45. The number of hydrogen-bond donors (Lipinski definition) is 2. The first-order valence-corrected chi connectivity index (χ1v) is 4.89. The van der Waals surface area contributed by atoms with Gasteiger partial charge in [0.05, 0.1) is 5.92 Å². The van der Waals surface area contributed by atoms with Crippen LogP contribution in [0.15, 0.2) is 12.2 Å². The molecule has 0 saturated carbocycles. The van der Waals surface area contributed by atoms with Crippen LogP contribution < -0.4 is 11.1 Å². The Kier molecular flexibility index (Phi) is 4.21. The van der Waals surface area contributed by atoms with Crippen molar-refractivity contribution in [3.63, 3.8) is 0 Å². The van der Waals surface area contributed by atoms with Crippen LogP contribution in [0, 0.1) is 18.3 Å². The van der Waals surface area contributed by atoms with Crippen molar-refractivity contribution in [2.75, 3.05) is 6.54 Å². The fourth-order valence-electron chi connectivity index (χ4n) is 1.45. The summed E-state index contributed by atoms with van der Waals surface area (Å²) < 4.78 is 0. The van der Waals surface area contributed by atoms with Gasteiger partial charge in [0.25, 0.3) is 0 Å². The van der Waals surface area contributed by atoms with Gasteiger partial charge in [0.1, 0.15) is 0 Å². The molecule has 0 saturated heterocycles. The molecule has 3 nitrogen and oxygen atoms in total. The van der Waals surface area contributed by atoms with Crippen LogP contribution in [-0.2, 0) is 4.79 Å². The number of amides is 1. The minimum Gasteiger partial charge on any atom is -0.356 e. The van der Waals surface area contributed by atoms with Crippen LogP contribution >= 0.6 is 0 Å². The lowest BCUT2D eigenvalue weighted by atomic mass is 10.1. The largest absolute Gasteiger partial charge is 0.356 e. The van der Waals surface area contributed by atoms with Crippen molar-refractivity contribution in [1.29, 1.82) is 0 Å². The summed E-state index contributed by atoms with van der Waals surface area (Å²) in [5.41, 5.74) is 5.65. The summed E-state index contributed by atoms with van der Waals surface area (Å²) >= 11 is 0. The fraction of sp³-hybridized carbons (Fsp3) is 0.545. The Morgan fingerprint density at radius 1 is 1.64 bits per heavy atom. The van der Waals surface area contributed by atoms with Crippen LogP contribution in [0.2, 0.25) is 0 Å². The monoisotopic (exact) mass is 192 g/mol. The second kappa shape index (κ2) is 5.46. The molecule has 0 aromatic rings. The number of hydrogen-bond acceptors (Lipinski definition) is 2. The Bertz CT molecular complexity index is 265. The zero-order valence-corrected chi connectivity index (χ0v) is 8.20. The van der Waals surface area contributed by atoms with E-state index >= 15 is 0 Å². The number of carbonyl (C=O) groups excluding carboxylic acids is 1. The summed E-state index contributed by atoms with van der Waals surface area (Å²) in [5.74, 6) is 2.55. The van der Waals surface area contributed by atoms with E-state index in [4.69, 9.17) is 12.2 Å². The predicted octanol–water partition coefficient (Wildman–Crippen LogP) is 0.419. The molecule has 0 spiro atoms. The van der Waals surface area contributed by atoms with Crippen molar-refractivity contribution in [3.05, 3.63) is 12.2 Å². The molecule has 2 unspecified atom stereocenters. The molecular formula is C11H16N2O. The Labute approximate surface area is 84.7 Å². The van der Waals surface area contributed by atoms with E-state index in [0.29, 0.717) is 13.0 Å². The standard InChI is InChI=1S/C11H16N2O/c1-2-3-4-7-13-11(14)9-5-6-10(12)8-9/h1,5-6,9-10H,3-4,7-8,12H2,(H,13,14). The van der Waals surface area contributed by atoms with Crippen LogP contribution in [0.1, 0.15) is 19.3 Å². The smallest absolute Gasteiger partial charge is 0.226 e. The summed E-state index contributed by atoms with van der Waals surface area (Å²) in [6.07, 6.45) is 11.1. The van der Waals surface area contributed by atoms with Crippen molar-refractivity contribution in [2.45, 2.75) is 25.3 Å². The van der Waals surface area contributed by atoms with Crippen LogP contribution in [0.25, 0.3) is 0 Å². The van der Waals surface area contributed by atoms with Gasteiger partial charge < -0.3 is 11.1 Å². The summed E-state index contributed by atoms with van der Waals surface area (Å²) in [5, 5.41) is 2.84. The summed E-state index contributed by atoms with van der Waals surface area (Å²) in [6.45, 7) is 0.655. The lowest BCUT2D eigenvalue weighted by molar-refractivity contribution is -0.123. The lowest BCUT2D eigenvalue weighted by Gasteiger charge is -2.09. The molecule has 0 aromatic carbocycles. The molecule has 3 heteroatoms. The normalized spacial score (nSPS) is 24.6. The van der Waals surface area contributed by atoms with Crippen LogP contribution in [0.3, 0.4) is 0 Å². The first-order chi connectivity index (χ1) is 6.74. The van der Waals surface area contributed by atoms with E-state index in [1.165, 1.54) is 0 Å². The van der Waals surface area contributed by atoms with Gasteiger partial charge in [0.15, 0.2) is 0 Å². The molecule has 1 amide bonds. The summed E-state index contributed by atoms with van der Waals surface area (Å²) in [4.78, 5) is 11.5. The zero-order valence-electron chi connectivity index (χ0n) is 8.20. The lowest BCUT2D eigenvalue weighted by Crippen LogP contribution is -2.31. The molecule has 0 heterocycles. The van der Waals surface area contributed by atoms with E-state index in [1.54, 1.807) is 0 Å². The first-order valence-electron chi connectivity index (χ1n) is 4.89. The quantitative estimate of drug-likeness (QED) is 0.385. The third-order valence-electron chi connectivity index (χ3n) is 2.25. The molecule has 3 N–H and O–H groups in total. The number of nitrogens with one attached hydrogen (secondary N) is 1. The molecule has 0 fully saturated rings. The van der Waals surface area contributed by atoms with E-state index < -0.39 is 0 Å². The molecule has 1 aliphatic carbocycles. The van der Waals surface area contributed by atoms with Crippen molar-refractivity contribution >= 4 is 5.91 Å². The van der Waals surface area contributed by atoms with Gasteiger partial charge in [0, 0.05) is 19.0 Å². The van der Waals surface area contributed by atoms with Gasteiger partial charge in [-0.25, -0.2) is 0 Å². The van der Waals surface area contributed by atoms with E-state index in [-0.39, 0.29) is 17.9 Å². The molecule has 1 rings (SSSR count). The van der Waals surface area contributed by atoms with Crippen LogP contribution in [-0.4, -0.2) is 18.5 Å². The molecule has 14 heavy (non-hydrogen) atoms. The van der Waals surface area contributed by atoms with Crippen molar-refractivity contribution in [3.8, 4) is 12.3 Å². The van der Waals surface area contributed by atoms with Crippen molar-refractivity contribution < 1.29 is 4.79 Å². The number of nitrogens with two attached hydrogens (primary N) is 1. The van der Waals surface area contributed by atoms with E-state index in [9.17, 15) is 4.79 Å². The van der Waals surface area contributed by atoms with Gasteiger partial charge >= 0.3 is 0 Å². The van der Waals surface area contributed by atoms with Gasteiger partial charge in [-0.3, -0.25) is 4.79 Å². The number of terminal acetylenes is 1. The van der Waals surface area contributed by atoms with E-state index in [2.05, 4.69) is 11.2 Å². The van der Waals surface area contributed by atoms with Crippen molar-refractivity contribution in [1.82, 2.24) is 5.32 Å². The van der Waals surface area contributed by atoms with Crippen LogP contribution in [0.4, 0.5) is 0 Å². The molecule has 76 valence electrons. The predicted molar refractivity (Wildman–Crippen MR) is 56.3 cm³/mol. The van der Waals surface area contributed by atoms with Gasteiger partial charge in [-0.1, -0.05) is 12.2 Å². The maximum Gasteiger partial charge on any atom is 0.226 e. The van der Waals surface area contributed by atoms with Crippen molar-refractivity contribution in [2.24, 2.45) is 11.7 Å². The Morgan fingerprint density at radius 2 is 2.43 bits per heavy atom. The maximum absolute atomic E-state index is 11.5. The molecule has 0 aromatic heterocycles.